The second-order valence-electron chi connectivity index (χ2n) is 5.30. The second-order valence-corrected chi connectivity index (χ2v) is 5.30. The number of pyridine rings is 1. The van der Waals surface area contributed by atoms with Gasteiger partial charge in [0.05, 0.1) is 10.9 Å². The van der Waals surface area contributed by atoms with Crippen LogP contribution in [0.1, 0.15) is 17.3 Å². The topological polar surface area (TPSA) is 103 Å². The molecule has 0 saturated heterocycles. The smallest absolute Gasteiger partial charge is 0.332 e. The number of aryl methyl sites for hydroxylation is 1. The molecule has 134 valence electrons. The molecule has 0 bridgehead atoms. The minimum Gasteiger partial charge on any atom is -0.338 e. The van der Waals surface area contributed by atoms with Crippen LogP contribution in [0.4, 0.5) is 0 Å². The number of rotatable bonds is 3. The van der Waals surface area contributed by atoms with Crippen LogP contribution in [-0.2, 0) is 14.1 Å². The molecule has 2 heterocycles. The van der Waals surface area contributed by atoms with Crippen molar-refractivity contribution in [1.29, 1.82) is 0 Å². The molecule has 0 radical (unpaired) electrons. The second kappa shape index (κ2) is 8.27. The molecule has 2 aromatic heterocycles. The van der Waals surface area contributed by atoms with Crippen molar-refractivity contribution >= 4 is 41.8 Å². The molecule has 1 amide bonds. The summed E-state index contributed by atoms with van der Waals surface area (Å²) < 4.78 is 2.27. The maximum absolute atomic E-state index is 12.4. The number of nitrogens with zero attached hydrogens (tertiary/aromatic N) is 4. The van der Waals surface area contributed by atoms with Gasteiger partial charge in [0.2, 0.25) is 0 Å². The third-order valence-corrected chi connectivity index (χ3v) is 3.86. The van der Waals surface area contributed by atoms with Crippen molar-refractivity contribution in [3.63, 3.8) is 0 Å². The number of hydrogen-bond donors (Lipinski definition) is 1. The van der Waals surface area contributed by atoms with Gasteiger partial charge in [-0.3, -0.25) is 18.7 Å². The Kier molecular flexibility index (Phi) is 7.62. The standard InChI is InChI=1S/C14H19N5O3.2ClH/c1-8(6-15)17(2)12(20)9-5-10-11(16-7-9)18(3)14(22)19(4)13(10)21;;/h5,7-8H,6,15H2,1-4H3;2*1H. The fourth-order valence-corrected chi connectivity index (χ4v) is 2.14. The van der Waals surface area contributed by atoms with E-state index in [4.69, 9.17) is 5.73 Å². The first kappa shape index (κ1) is 22.1. The molecule has 8 nitrogen and oxygen atoms in total. The first-order valence-electron chi connectivity index (χ1n) is 6.82. The van der Waals surface area contributed by atoms with E-state index >= 15 is 0 Å². The Hall–Kier alpha value is -1.90. The van der Waals surface area contributed by atoms with Crippen molar-refractivity contribution in [2.75, 3.05) is 13.6 Å². The van der Waals surface area contributed by atoms with Crippen LogP contribution < -0.4 is 17.0 Å². The molecule has 2 rings (SSSR count). The molecule has 1 atom stereocenters. The minimum absolute atomic E-state index is 0. The molecule has 2 aromatic rings. The van der Waals surface area contributed by atoms with Crippen LogP contribution in [0.2, 0.25) is 0 Å². The van der Waals surface area contributed by atoms with E-state index in [1.165, 1.54) is 35.8 Å². The highest BCUT2D eigenvalue weighted by molar-refractivity contribution is 5.96. The fourth-order valence-electron chi connectivity index (χ4n) is 2.14. The molecule has 0 saturated carbocycles. The van der Waals surface area contributed by atoms with Gasteiger partial charge in [-0.1, -0.05) is 0 Å². The number of hydrogen-bond acceptors (Lipinski definition) is 5. The number of amides is 1. The van der Waals surface area contributed by atoms with Crippen LogP contribution >= 0.6 is 24.8 Å². The summed E-state index contributed by atoms with van der Waals surface area (Å²) in [6, 6.07) is 1.33. The van der Waals surface area contributed by atoms with Crippen molar-refractivity contribution in [3.8, 4) is 0 Å². The van der Waals surface area contributed by atoms with Gasteiger partial charge < -0.3 is 10.6 Å². The molecule has 0 aliphatic heterocycles. The summed E-state index contributed by atoms with van der Waals surface area (Å²) in [5.74, 6) is -0.275. The summed E-state index contributed by atoms with van der Waals surface area (Å²) in [5, 5.41) is 0.226. The Morgan fingerprint density at radius 3 is 2.42 bits per heavy atom. The van der Waals surface area contributed by atoms with Gasteiger partial charge >= 0.3 is 5.69 Å². The van der Waals surface area contributed by atoms with Crippen LogP contribution in [0.5, 0.6) is 0 Å². The predicted molar refractivity (Wildman–Crippen MR) is 97.3 cm³/mol. The third kappa shape index (κ3) is 3.61. The van der Waals surface area contributed by atoms with E-state index in [0.29, 0.717) is 6.54 Å². The fraction of sp³-hybridized carbons (Fsp3) is 0.429. The number of likely N-dealkylation sites (N-methyl/N-ethyl adjacent to an activating group) is 1. The van der Waals surface area contributed by atoms with E-state index in [1.807, 2.05) is 6.92 Å². The third-order valence-electron chi connectivity index (χ3n) is 3.86. The van der Waals surface area contributed by atoms with Crippen LogP contribution in [0.25, 0.3) is 11.0 Å². The first-order chi connectivity index (χ1) is 10.3. The number of nitrogens with two attached hydrogens (primary N) is 1. The predicted octanol–water partition coefficient (Wildman–Crippen LogP) is -0.105. The normalized spacial score (nSPS) is 11.4. The first-order valence-corrected chi connectivity index (χ1v) is 6.82. The van der Waals surface area contributed by atoms with Gasteiger partial charge in [-0.15, -0.1) is 24.8 Å². The van der Waals surface area contributed by atoms with Crippen molar-refractivity contribution in [3.05, 3.63) is 38.7 Å². The molecule has 2 N–H and O–H groups in total. The van der Waals surface area contributed by atoms with E-state index in [0.717, 1.165) is 4.57 Å². The van der Waals surface area contributed by atoms with Gasteiger partial charge in [0.15, 0.2) is 0 Å². The summed E-state index contributed by atoms with van der Waals surface area (Å²) in [4.78, 5) is 42.0. The van der Waals surface area contributed by atoms with E-state index in [-0.39, 0.29) is 53.4 Å². The average molecular weight is 378 g/mol. The molecular formula is C14H21Cl2N5O3. The molecule has 0 aromatic carbocycles. The Morgan fingerprint density at radius 2 is 1.88 bits per heavy atom. The van der Waals surface area contributed by atoms with Crippen molar-refractivity contribution in [2.45, 2.75) is 13.0 Å². The summed E-state index contributed by atoms with van der Waals surface area (Å²) in [5.41, 5.74) is 5.15. The lowest BCUT2D eigenvalue weighted by Gasteiger charge is -2.23. The van der Waals surface area contributed by atoms with Crippen molar-refractivity contribution < 1.29 is 4.79 Å². The molecule has 0 spiro atoms. The number of aromatic nitrogens is 3. The van der Waals surface area contributed by atoms with Crippen molar-refractivity contribution in [2.24, 2.45) is 19.8 Å². The van der Waals surface area contributed by atoms with Gasteiger partial charge in [-0.2, -0.15) is 0 Å². The lowest BCUT2D eigenvalue weighted by molar-refractivity contribution is 0.0748. The number of fused-ring (bicyclic) bond motifs is 1. The van der Waals surface area contributed by atoms with Crippen LogP contribution in [0, 0.1) is 0 Å². The molecule has 0 aliphatic carbocycles. The summed E-state index contributed by atoms with van der Waals surface area (Å²) in [6.07, 6.45) is 1.36. The zero-order valence-corrected chi connectivity index (χ0v) is 15.5. The minimum atomic E-state index is -0.477. The molecule has 0 aliphatic rings. The Bertz CT molecular complexity index is 862. The molecule has 1 unspecified atom stereocenters. The summed E-state index contributed by atoms with van der Waals surface area (Å²) in [7, 11) is 4.56. The maximum Gasteiger partial charge on any atom is 0.332 e. The molecule has 24 heavy (non-hydrogen) atoms. The van der Waals surface area contributed by atoms with Gasteiger partial charge in [-0.05, 0) is 13.0 Å². The van der Waals surface area contributed by atoms with Gasteiger partial charge in [0.1, 0.15) is 5.65 Å². The molecule has 10 heteroatoms. The molecular weight excluding hydrogens is 357 g/mol. The van der Waals surface area contributed by atoms with Crippen LogP contribution in [0.15, 0.2) is 21.9 Å². The lowest BCUT2D eigenvalue weighted by atomic mass is 10.2. The van der Waals surface area contributed by atoms with E-state index in [1.54, 1.807) is 7.05 Å². The Balaban J connectivity index is 0.00000264. The maximum atomic E-state index is 12.4. The quantitative estimate of drug-likeness (QED) is 0.803. The van der Waals surface area contributed by atoms with E-state index in [2.05, 4.69) is 4.98 Å². The zero-order valence-electron chi connectivity index (χ0n) is 13.8. The van der Waals surface area contributed by atoms with Crippen LogP contribution in [0.3, 0.4) is 0 Å². The summed E-state index contributed by atoms with van der Waals surface area (Å²) >= 11 is 0. The largest absolute Gasteiger partial charge is 0.338 e. The van der Waals surface area contributed by atoms with Crippen LogP contribution in [-0.4, -0.2) is 44.6 Å². The Labute approximate surface area is 151 Å². The average Bonchev–Trinajstić information content (AvgIpc) is 2.55. The monoisotopic (exact) mass is 377 g/mol. The van der Waals surface area contributed by atoms with E-state index < -0.39 is 11.2 Å². The van der Waals surface area contributed by atoms with Gasteiger partial charge in [-0.25, -0.2) is 9.78 Å². The van der Waals surface area contributed by atoms with Gasteiger partial charge in [0, 0.05) is 39.9 Å². The number of carbonyl (C=O) groups excluding carboxylic acids is 1. The highest BCUT2D eigenvalue weighted by Crippen LogP contribution is 2.10. The number of halogens is 2. The molecule has 0 fully saturated rings. The van der Waals surface area contributed by atoms with Gasteiger partial charge in [0.25, 0.3) is 11.5 Å². The lowest BCUT2D eigenvalue weighted by Crippen LogP contribution is -2.40. The SMILES string of the molecule is CC(CN)N(C)C(=O)c1cnc2c(c1)c(=O)n(C)c(=O)n2C.Cl.Cl. The number of carbonyl (C=O) groups is 1. The zero-order chi connectivity index (χ0) is 16.6. The highest BCUT2D eigenvalue weighted by Gasteiger charge is 2.19. The summed E-state index contributed by atoms with van der Waals surface area (Å²) in [6.45, 7) is 2.16. The van der Waals surface area contributed by atoms with Crippen molar-refractivity contribution in [1.82, 2.24) is 19.0 Å². The Morgan fingerprint density at radius 1 is 1.29 bits per heavy atom. The highest BCUT2D eigenvalue weighted by atomic mass is 35.5. The van der Waals surface area contributed by atoms with E-state index in [9.17, 15) is 14.4 Å².